The van der Waals surface area contributed by atoms with E-state index < -0.39 is 0 Å². The van der Waals surface area contributed by atoms with Gasteiger partial charge in [0.25, 0.3) is 5.91 Å². The summed E-state index contributed by atoms with van der Waals surface area (Å²) in [6.07, 6.45) is 7.10. The number of hydrogen-bond donors (Lipinski definition) is 1. The van der Waals surface area contributed by atoms with E-state index in [0.717, 1.165) is 42.3 Å². The second kappa shape index (κ2) is 7.84. The average molecular weight is 413 g/mol. The number of likely N-dealkylation sites (tertiary alicyclic amines) is 1. The molecule has 2 fully saturated rings. The van der Waals surface area contributed by atoms with Crippen molar-refractivity contribution >= 4 is 22.8 Å². The molecule has 1 amide bonds. The molecule has 1 aliphatic carbocycles. The Kier molecular flexibility index (Phi) is 4.86. The molecule has 2 aromatic heterocycles. The van der Waals surface area contributed by atoms with E-state index in [9.17, 15) is 10.1 Å². The number of nitrogen functional groups attached to an aromatic ring is 1. The van der Waals surface area contributed by atoms with Crippen molar-refractivity contribution in [1.82, 2.24) is 24.6 Å². The van der Waals surface area contributed by atoms with Crippen molar-refractivity contribution in [2.45, 2.75) is 31.7 Å². The van der Waals surface area contributed by atoms with E-state index in [-0.39, 0.29) is 17.5 Å². The van der Waals surface area contributed by atoms with Gasteiger partial charge in [0.15, 0.2) is 5.65 Å². The molecular formula is C23H23N7O. The summed E-state index contributed by atoms with van der Waals surface area (Å²) in [6, 6.07) is 11.9. The Balaban J connectivity index is 1.50. The number of hydrogen-bond acceptors (Lipinski definition) is 6. The number of nitrogens with zero attached hydrogens (tertiary/aromatic N) is 6. The van der Waals surface area contributed by atoms with Crippen molar-refractivity contribution in [1.29, 1.82) is 5.26 Å². The number of aromatic nitrogens is 4. The van der Waals surface area contributed by atoms with Crippen molar-refractivity contribution in [3.8, 4) is 17.3 Å². The Hall–Kier alpha value is -3.73. The lowest BCUT2D eigenvalue weighted by atomic mass is 10.0. The summed E-state index contributed by atoms with van der Waals surface area (Å²) in [5.74, 6) is 0.577. The van der Waals surface area contributed by atoms with Crippen LogP contribution in [-0.4, -0.2) is 43.6 Å². The Morgan fingerprint density at radius 2 is 2.00 bits per heavy atom. The van der Waals surface area contributed by atoms with E-state index in [1.807, 2.05) is 41.1 Å². The number of rotatable bonds is 4. The quantitative estimate of drug-likeness (QED) is 0.519. The van der Waals surface area contributed by atoms with Gasteiger partial charge in [-0.15, -0.1) is 0 Å². The Morgan fingerprint density at radius 1 is 1.19 bits per heavy atom. The lowest BCUT2D eigenvalue weighted by Crippen LogP contribution is -2.41. The van der Waals surface area contributed by atoms with Crippen LogP contribution in [-0.2, 0) is 4.79 Å². The maximum absolute atomic E-state index is 13.0. The molecule has 31 heavy (non-hydrogen) atoms. The highest BCUT2D eigenvalue weighted by Crippen LogP contribution is 2.34. The number of nitrogens with two attached hydrogens (primary N) is 1. The van der Waals surface area contributed by atoms with Crippen LogP contribution in [0, 0.1) is 17.2 Å². The van der Waals surface area contributed by atoms with Crippen LogP contribution in [0.3, 0.4) is 0 Å². The molecule has 1 aliphatic heterocycles. The molecule has 1 aromatic carbocycles. The molecule has 0 radical (unpaired) electrons. The van der Waals surface area contributed by atoms with E-state index >= 15 is 0 Å². The Bertz CT molecular complexity index is 1200. The van der Waals surface area contributed by atoms with Gasteiger partial charge in [-0.05, 0) is 31.6 Å². The number of carbonyl (C=O) groups is 1. The Labute approximate surface area is 180 Å². The first kappa shape index (κ1) is 19.2. The third-order valence-corrected chi connectivity index (χ3v) is 5.97. The molecule has 156 valence electrons. The fraction of sp³-hybridized carbons (Fsp3) is 0.348. The summed E-state index contributed by atoms with van der Waals surface area (Å²) < 4.78 is 1.88. The minimum absolute atomic E-state index is 0.0483. The summed E-state index contributed by atoms with van der Waals surface area (Å²) in [7, 11) is 0. The minimum atomic E-state index is -0.187. The summed E-state index contributed by atoms with van der Waals surface area (Å²) >= 11 is 0. The van der Waals surface area contributed by atoms with Gasteiger partial charge < -0.3 is 10.6 Å². The number of carbonyl (C=O) groups excluding carboxylic acids is 1. The van der Waals surface area contributed by atoms with Crippen molar-refractivity contribution < 1.29 is 4.79 Å². The summed E-state index contributed by atoms with van der Waals surface area (Å²) in [5.41, 5.74) is 8.81. The van der Waals surface area contributed by atoms with Crippen molar-refractivity contribution in [2.75, 3.05) is 18.8 Å². The zero-order valence-corrected chi connectivity index (χ0v) is 17.1. The standard InChI is InChI=1S/C23H23N7O/c24-12-17(11-15-8-9-15)23(31)29-10-4-7-18(13-29)30-22-19(21(25)26-14-27-22)20(28-30)16-5-2-1-3-6-16/h1-3,5-6,11,14-15,18H,4,7-10,13H2,(H2,25,26,27). The van der Waals surface area contributed by atoms with Crippen LogP contribution < -0.4 is 5.73 Å². The average Bonchev–Trinajstić information content (AvgIpc) is 3.55. The van der Waals surface area contributed by atoms with Crippen LogP contribution in [0.5, 0.6) is 0 Å². The smallest absolute Gasteiger partial charge is 0.264 e. The Morgan fingerprint density at radius 3 is 2.74 bits per heavy atom. The maximum atomic E-state index is 13.0. The molecule has 3 aromatic rings. The largest absolute Gasteiger partial charge is 0.383 e. The second-order valence-electron chi connectivity index (χ2n) is 8.19. The monoisotopic (exact) mass is 413 g/mol. The third-order valence-electron chi connectivity index (χ3n) is 5.97. The molecule has 1 saturated carbocycles. The molecule has 8 heteroatoms. The van der Waals surface area contributed by atoms with E-state index in [4.69, 9.17) is 10.8 Å². The van der Waals surface area contributed by atoms with Gasteiger partial charge in [-0.2, -0.15) is 10.4 Å². The number of amides is 1. The van der Waals surface area contributed by atoms with Crippen molar-refractivity contribution in [3.05, 3.63) is 48.3 Å². The van der Waals surface area contributed by atoms with Gasteiger partial charge in [-0.3, -0.25) is 4.79 Å². The lowest BCUT2D eigenvalue weighted by molar-refractivity contribution is -0.128. The molecule has 2 aliphatic rings. The predicted octanol–water partition coefficient (Wildman–Crippen LogP) is 3.10. The van der Waals surface area contributed by atoms with Crippen molar-refractivity contribution in [3.63, 3.8) is 0 Å². The summed E-state index contributed by atoms with van der Waals surface area (Å²) in [6.45, 7) is 1.12. The number of anilines is 1. The van der Waals surface area contributed by atoms with Crippen LogP contribution in [0.4, 0.5) is 5.82 Å². The molecule has 1 unspecified atom stereocenters. The zero-order chi connectivity index (χ0) is 21.4. The van der Waals surface area contributed by atoms with Gasteiger partial charge in [0, 0.05) is 18.7 Å². The highest BCUT2D eigenvalue weighted by Gasteiger charge is 2.31. The SMILES string of the molecule is N#CC(=CC1CC1)C(=O)N1CCCC(n2nc(-c3ccccc3)c3c(N)ncnc32)C1. The van der Waals surface area contributed by atoms with Crippen molar-refractivity contribution in [2.24, 2.45) is 5.92 Å². The van der Waals surface area contributed by atoms with E-state index in [2.05, 4.69) is 16.0 Å². The fourth-order valence-corrected chi connectivity index (χ4v) is 4.21. The number of nitriles is 1. The molecule has 1 atom stereocenters. The molecule has 2 N–H and O–H groups in total. The highest BCUT2D eigenvalue weighted by molar-refractivity contribution is 5.98. The topological polar surface area (TPSA) is 114 Å². The molecule has 0 spiro atoms. The van der Waals surface area contributed by atoms with Gasteiger partial charge >= 0.3 is 0 Å². The summed E-state index contributed by atoms with van der Waals surface area (Å²) in [4.78, 5) is 23.4. The minimum Gasteiger partial charge on any atom is -0.383 e. The fourth-order valence-electron chi connectivity index (χ4n) is 4.21. The van der Waals surface area contributed by atoms with Gasteiger partial charge in [0.05, 0.1) is 11.4 Å². The van der Waals surface area contributed by atoms with Gasteiger partial charge in [-0.25, -0.2) is 14.6 Å². The van der Waals surface area contributed by atoms with Gasteiger partial charge in [0.2, 0.25) is 0 Å². The van der Waals surface area contributed by atoms with Crippen LogP contribution in [0.2, 0.25) is 0 Å². The first-order valence-electron chi connectivity index (χ1n) is 10.6. The second-order valence-corrected chi connectivity index (χ2v) is 8.19. The van der Waals surface area contributed by atoms with Crippen LogP contribution >= 0.6 is 0 Å². The predicted molar refractivity (Wildman–Crippen MR) is 116 cm³/mol. The van der Waals surface area contributed by atoms with Crippen LogP contribution in [0.25, 0.3) is 22.3 Å². The number of benzene rings is 1. The maximum Gasteiger partial charge on any atom is 0.264 e. The van der Waals surface area contributed by atoms with Gasteiger partial charge in [0.1, 0.15) is 29.5 Å². The molecule has 8 nitrogen and oxygen atoms in total. The molecular weight excluding hydrogens is 390 g/mol. The molecule has 3 heterocycles. The number of allylic oxidation sites excluding steroid dienone is 1. The van der Waals surface area contributed by atoms with E-state index in [1.165, 1.54) is 6.33 Å². The number of fused-ring (bicyclic) bond motifs is 1. The first-order valence-corrected chi connectivity index (χ1v) is 10.6. The van der Waals surface area contributed by atoms with E-state index in [1.54, 1.807) is 4.90 Å². The zero-order valence-electron chi connectivity index (χ0n) is 17.1. The summed E-state index contributed by atoms with van der Waals surface area (Å²) in [5, 5.41) is 15.1. The van der Waals surface area contributed by atoms with Gasteiger partial charge in [-0.1, -0.05) is 36.4 Å². The van der Waals surface area contributed by atoms with Crippen LogP contribution in [0.1, 0.15) is 31.7 Å². The highest BCUT2D eigenvalue weighted by atomic mass is 16.2. The van der Waals surface area contributed by atoms with E-state index in [0.29, 0.717) is 30.5 Å². The van der Waals surface area contributed by atoms with Crippen LogP contribution in [0.15, 0.2) is 48.3 Å². The molecule has 5 rings (SSSR count). The normalized spacial score (nSPS) is 19.4. The first-order chi connectivity index (χ1) is 15.2. The molecule has 1 saturated heterocycles. The third kappa shape index (κ3) is 3.63. The number of piperidine rings is 1. The molecule has 0 bridgehead atoms. The lowest BCUT2D eigenvalue weighted by Gasteiger charge is -2.32.